The third-order valence-corrected chi connectivity index (χ3v) is 11.5. The van der Waals surface area contributed by atoms with Gasteiger partial charge in [-0.2, -0.15) is 0 Å². The third-order valence-electron chi connectivity index (χ3n) is 11.5. The van der Waals surface area contributed by atoms with E-state index in [0.717, 1.165) is 0 Å². The standard InChI is InChI=1S/C44H77N19O12/c45-13-3-1-8-25(50)36(67)61-35(32(65)20-49)41(72)62-34(31(64)19-48)40(71)55-22-33(66)57-27(10-5-15-47)42(73)63-17-7-12-30(63)39(70)60-29(18-24-21-53-23-56-24)38(69)58-26(9-2-4-14-46)37(68)59-28(43(74)75)11-6-16-54-44(51)52/h11,21,23,25-26,29-32,34-35,64-65H,1-10,12-20,22,45-50H2,(H,53,56)(H,55,71)(H,58,69)(H,59,68)(H,60,70)(H,61,67)(H,62,72)(H,74,75)(H4,51,52,54)/b28-11-,57-27?/t25-,26-,29-,30-,31-,32-,34-,35-/m0/s1. The van der Waals surface area contributed by atoms with Gasteiger partial charge in [0.1, 0.15) is 41.6 Å². The van der Waals surface area contributed by atoms with Gasteiger partial charge < -0.3 is 103 Å². The molecule has 0 saturated carbocycles. The lowest BCUT2D eigenvalue weighted by Crippen LogP contribution is -2.63. The molecule has 420 valence electrons. The Morgan fingerprint density at radius 3 is 2.00 bits per heavy atom. The second kappa shape index (κ2) is 34.5. The molecular weight excluding hydrogens is 987 g/mol. The molecule has 1 aliphatic heterocycles. The maximum Gasteiger partial charge on any atom is 0.352 e. The van der Waals surface area contributed by atoms with Crippen LogP contribution in [0.5, 0.6) is 0 Å². The number of aromatic amines is 1. The Morgan fingerprint density at radius 2 is 1.41 bits per heavy atom. The maximum atomic E-state index is 14.2. The summed E-state index contributed by atoms with van der Waals surface area (Å²) < 4.78 is 0. The number of nitrogens with two attached hydrogens (primary N) is 8. The molecule has 26 N–H and O–H groups in total. The van der Waals surface area contributed by atoms with Gasteiger partial charge in [-0.15, -0.1) is 0 Å². The van der Waals surface area contributed by atoms with Crippen molar-refractivity contribution in [3.63, 3.8) is 0 Å². The number of carboxylic acid groups (broad SMARTS) is 1. The van der Waals surface area contributed by atoms with E-state index < -0.39 is 127 Å². The molecule has 1 saturated heterocycles. The Labute approximate surface area is 433 Å². The lowest BCUT2D eigenvalue weighted by molar-refractivity contribution is -0.137. The number of aliphatic hydroxyl groups excluding tert-OH is 2. The number of hydrogen-bond acceptors (Lipinski definition) is 19. The highest BCUT2D eigenvalue weighted by Gasteiger charge is 2.39. The number of hydrogen-bond donors (Lipinski definition) is 18. The Hall–Kier alpha value is -7.00. The summed E-state index contributed by atoms with van der Waals surface area (Å²) in [5, 5.41) is 45.2. The summed E-state index contributed by atoms with van der Waals surface area (Å²) in [4.78, 5) is 136. The van der Waals surface area contributed by atoms with Crippen molar-refractivity contribution in [3.05, 3.63) is 30.0 Å². The molecular formula is C44H77N19O12. The quantitative estimate of drug-likeness (QED) is 0.0130. The normalized spacial score (nSPS) is 16.5. The number of likely N-dealkylation sites (tertiary alicyclic amines) is 1. The minimum absolute atomic E-state index is 0.0224. The van der Waals surface area contributed by atoms with E-state index >= 15 is 0 Å². The number of carboxylic acids is 1. The van der Waals surface area contributed by atoms with Crippen LogP contribution in [0.2, 0.25) is 0 Å². The van der Waals surface area contributed by atoms with E-state index in [1.807, 2.05) is 0 Å². The number of nitrogens with zero attached hydrogens (tertiary/aromatic N) is 4. The fourth-order valence-electron chi connectivity index (χ4n) is 7.42. The molecule has 0 spiro atoms. The van der Waals surface area contributed by atoms with Crippen molar-refractivity contribution >= 4 is 64.9 Å². The zero-order valence-corrected chi connectivity index (χ0v) is 41.9. The molecule has 1 fully saturated rings. The van der Waals surface area contributed by atoms with Crippen LogP contribution in [0.15, 0.2) is 34.3 Å². The van der Waals surface area contributed by atoms with E-state index in [0.29, 0.717) is 44.3 Å². The van der Waals surface area contributed by atoms with Gasteiger partial charge in [0.05, 0.1) is 31.1 Å². The molecule has 0 aliphatic carbocycles. The van der Waals surface area contributed by atoms with Crippen LogP contribution in [0, 0.1) is 0 Å². The van der Waals surface area contributed by atoms with Gasteiger partial charge in [-0.05, 0) is 83.8 Å². The number of aliphatic imine (C=N–C) groups is 2. The van der Waals surface area contributed by atoms with E-state index in [-0.39, 0.29) is 82.8 Å². The van der Waals surface area contributed by atoms with Crippen LogP contribution < -0.4 is 77.8 Å². The first kappa shape index (κ1) is 64.1. The molecule has 0 bridgehead atoms. The molecule has 8 atom stereocenters. The van der Waals surface area contributed by atoms with Gasteiger partial charge in [-0.3, -0.25) is 43.3 Å². The number of guanidine groups is 1. The van der Waals surface area contributed by atoms with E-state index in [9.17, 15) is 58.5 Å². The van der Waals surface area contributed by atoms with E-state index in [2.05, 4.69) is 51.9 Å². The van der Waals surface area contributed by atoms with Crippen molar-refractivity contribution in [2.24, 2.45) is 55.9 Å². The number of amides is 8. The number of H-pyrrole nitrogens is 1. The summed E-state index contributed by atoms with van der Waals surface area (Å²) in [5.41, 5.74) is 44.2. The van der Waals surface area contributed by atoms with Crippen LogP contribution in [0.1, 0.15) is 76.3 Å². The fraction of sp³-hybridized carbons (Fsp3) is 0.636. The smallest absolute Gasteiger partial charge is 0.352 e. The number of aromatic nitrogens is 2. The largest absolute Gasteiger partial charge is 0.477 e. The highest BCUT2D eigenvalue weighted by atomic mass is 16.4. The number of imidazole rings is 1. The third kappa shape index (κ3) is 22.6. The zero-order chi connectivity index (χ0) is 56.0. The molecule has 0 aromatic carbocycles. The summed E-state index contributed by atoms with van der Waals surface area (Å²) in [6.45, 7) is -1.23. The molecule has 1 aliphatic rings. The van der Waals surface area contributed by atoms with Gasteiger partial charge in [0.25, 0.3) is 11.8 Å². The van der Waals surface area contributed by atoms with Crippen molar-refractivity contribution < 1.29 is 58.5 Å². The van der Waals surface area contributed by atoms with Crippen LogP contribution in [0.4, 0.5) is 0 Å². The second-order valence-electron chi connectivity index (χ2n) is 17.4. The summed E-state index contributed by atoms with van der Waals surface area (Å²) in [7, 11) is 0. The summed E-state index contributed by atoms with van der Waals surface area (Å²) >= 11 is 0. The average Bonchev–Trinajstić information content (AvgIpc) is 4.10. The van der Waals surface area contributed by atoms with Gasteiger partial charge in [0.15, 0.2) is 5.96 Å². The van der Waals surface area contributed by atoms with Crippen LogP contribution in [-0.2, 0) is 49.6 Å². The van der Waals surface area contributed by atoms with Crippen molar-refractivity contribution in [1.29, 1.82) is 0 Å². The zero-order valence-electron chi connectivity index (χ0n) is 41.9. The van der Waals surface area contributed by atoms with Gasteiger partial charge in [0, 0.05) is 44.5 Å². The molecule has 0 unspecified atom stereocenters. The van der Waals surface area contributed by atoms with Gasteiger partial charge in [0.2, 0.25) is 35.4 Å². The van der Waals surface area contributed by atoms with Gasteiger partial charge in [-0.25, -0.2) is 14.8 Å². The Bertz CT molecular complexity index is 2140. The molecule has 2 heterocycles. The number of aliphatic hydroxyl groups is 2. The Morgan fingerprint density at radius 1 is 0.787 bits per heavy atom. The number of carbonyl (C=O) groups is 9. The molecule has 31 nitrogen and oxygen atoms in total. The van der Waals surface area contributed by atoms with Crippen LogP contribution in [0.3, 0.4) is 0 Å². The minimum Gasteiger partial charge on any atom is -0.477 e. The molecule has 31 heteroatoms. The first-order chi connectivity index (χ1) is 35.7. The molecule has 75 heavy (non-hydrogen) atoms. The topological polar surface area (TPSA) is 551 Å². The van der Waals surface area contributed by atoms with Crippen LogP contribution in [0.25, 0.3) is 0 Å². The monoisotopic (exact) mass is 1060 g/mol. The molecule has 2 rings (SSSR count). The van der Waals surface area contributed by atoms with Crippen molar-refractivity contribution in [1.82, 2.24) is 46.8 Å². The van der Waals surface area contributed by atoms with E-state index in [4.69, 9.17) is 45.9 Å². The Balaban J connectivity index is 2.32. The second-order valence-corrected chi connectivity index (χ2v) is 17.4. The Kier molecular flexibility index (Phi) is 29.5. The highest BCUT2D eigenvalue weighted by Crippen LogP contribution is 2.20. The van der Waals surface area contributed by atoms with Gasteiger partial charge in [-0.1, -0.05) is 12.5 Å². The molecule has 1 aromatic heterocycles. The minimum atomic E-state index is -1.84. The summed E-state index contributed by atoms with van der Waals surface area (Å²) in [5.74, 6) is -9.19. The molecule has 0 radical (unpaired) electrons. The average molecular weight is 1060 g/mol. The molecule has 8 amide bonds. The lowest BCUT2D eigenvalue weighted by Gasteiger charge is -2.28. The number of unbranched alkanes of at least 4 members (excludes halogenated alkanes) is 2. The first-order valence-corrected chi connectivity index (χ1v) is 24.5. The van der Waals surface area contributed by atoms with Crippen molar-refractivity contribution in [2.75, 3.05) is 52.4 Å². The van der Waals surface area contributed by atoms with Crippen molar-refractivity contribution in [3.8, 4) is 0 Å². The number of aliphatic carboxylic acids is 1. The first-order valence-electron chi connectivity index (χ1n) is 24.5. The van der Waals surface area contributed by atoms with Crippen molar-refractivity contribution in [2.45, 2.75) is 126 Å². The summed E-state index contributed by atoms with van der Waals surface area (Å²) in [6.07, 6.45) is 2.96. The van der Waals surface area contributed by atoms with Crippen LogP contribution >= 0.6 is 0 Å². The maximum absolute atomic E-state index is 14.2. The predicted molar refractivity (Wildman–Crippen MR) is 272 cm³/mol. The SMILES string of the molecule is NCCCC[C@H](NC(=O)[C@H](Cc1cnc[nH]1)NC(=O)[C@@H]1CCCN1C(=O)C(CCCN)=NC(=O)CNC(=O)[C@@H](NC(=O)[C@@H](NC(=O)[C@@H](N)CCCCN)[C@@H](O)CN)[C@@H](O)CN)C(=O)N/C(=C\CCN=C(N)N)C(=O)O. The van der Waals surface area contributed by atoms with E-state index in [1.54, 1.807) is 0 Å². The number of carbonyl (C=O) groups excluding carboxylic acids is 8. The van der Waals surface area contributed by atoms with E-state index in [1.165, 1.54) is 23.5 Å². The highest BCUT2D eigenvalue weighted by molar-refractivity contribution is 6.40. The lowest BCUT2D eigenvalue weighted by atomic mass is 10.1. The predicted octanol–water partition coefficient (Wildman–Crippen LogP) is -8.32. The van der Waals surface area contributed by atoms with Crippen LogP contribution in [-0.4, -0.2) is 196 Å². The number of nitrogens with one attached hydrogen (secondary N) is 7. The number of rotatable bonds is 35. The summed E-state index contributed by atoms with van der Waals surface area (Å²) in [6, 6.07) is -8.55. The van der Waals surface area contributed by atoms with Gasteiger partial charge >= 0.3 is 5.97 Å². The fourth-order valence-corrected chi connectivity index (χ4v) is 7.42. The molecule has 1 aromatic rings.